The van der Waals surface area contributed by atoms with Gasteiger partial charge in [0, 0.05) is 52.4 Å². The topological polar surface area (TPSA) is 64.2 Å². The number of rotatable bonds is 4. The van der Waals surface area contributed by atoms with Crippen LogP contribution in [0.2, 0.25) is 0 Å². The van der Waals surface area contributed by atoms with E-state index in [0.717, 1.165) is 31.5 Å². The highest BCUT2D eigenvalue weighted by Gasteiger charge is 2.34. The lowest BCUT2D eigenvalue weighted by molar-refractivity contribution is -0.131. The number of nitrogens with zero attached hydrogens (tertiary/aromatic N) is 4. The maximum Gasteiger partial charge on any atom is 0.282 e. The highest BCUT2D eigenvalue weighted by atomic mass is 32.2. The minimum atomic E-state index is -3.42. The van der Waals surface area contributed by atoms with Gasteiger partial charge in [0.1, 0.15) is 0 Å². The summed E-state index contributed by atoms with van der Waals surface area (Å²) in [6, 6.07) is 6.45. The SMILES string of the molecule is CN1CCN(S(=O)(=O)N2CCN(C(=O)Cc3ccc4c(c3)CCCC4)CC2)CC1. The largest absolute Gasteiger partial charge is 0.340 e. The molecule has 7 nitrogen and oxygen atoms in total. The van der Waals surface area contributed by atoms with Gasteiger partial charge in [0.15, 0.2) is 0 Å². The zero-order chi connectivity index (χ0) is 20.4. The summed E-state index contributed by atoms with van der Waals surface area (Å²) >= 11 is 0. The van der Waals surface area contributed by atoms with Crippen LogP contribution in [-0.4, -0.2) is 92.1 Å². The number of hydrogen-bond donors (Lipinski definition) is 0. The van der Waals surface area contributed by atoms with E-state index in [1.165, 1.54) is 24.0 Å². The normalized spacial score (nSPS) is 22.4. The van der Waals surface area contributed by atoms with Crippen LogP contribution < -0.4 is 0 Å². The summed E-state index contributed by atoms with van der Waals surface area (Å²) in [6.45, 7) is 4.30. The molecule has 4 rings (SSSR count). The Morgan fingerprint density at radius 2 is 1.45 bits per heavy atom. The predicted octanol–water partition coefficient (Wildman–Crippen LogP) is 0.744. The molecule has 1 amide bonds. The van der Waals surface area contributed by atoms with E-state index in [2.05, 4.69) is 23.1 Å². The molecule has 2 fully saturated rings. The lowest BCUT2D eigenvalue weighted by atomic mass is 9.90. The Kier molecular flexibility index (Phi) is 6.24. The first-order chi connectivity index (χ1) is 13.9. The fraction of sp³-hybridized carbons (Fsp3) is 0.667. The lowest BCUT2D eigenvalue weighted by Crippen LogP contribution is -2.57. The predicted molar refractivity (Wildman–Crippen MR) is 113 cm³/mol. The standard InChI is InChI=1S/C21H32N4O3S/c1-22-8-12-24(13-9-22)29(27,28)25-14-10-23(11-15-25)21(26)17-18-6-7-19-4-2-3-5-20(19)16-18/h6-7,16H,2-5,8-15,17H2,1H3. The van der Waals surface area contributed by atoms with Gasteiger partial charge < -0.3 is 9.80 Å². The number of hydrogen-bond acceptors (Lipinski definition) is 4. The Hall–Kier alpha value is -1.48. The second-order valence-electron chi connectivity index (χ2n) is 8.48. The van der Waals surface area contributed by atoms with Crippen LogP contribution in [0, 0.1) is 0 Å². The van der Waals surface area contributed by atoms with Crippen LogP contribution in [0.25, 0.3) is 0 Å². The third kappa shape index (κ3) is 4.66. The van der Waals surface area contributed by atoms with E-state index in [4.69, 9.17) is 0 Å². The first-order valence-corrected chi connectivity index (χ1v) is 12.2. The summed E-state index contributed by atoms with van der Waals surface area (Å²) in [5.41, 5.74) is 3.89. The van der Waals surface area contributed by atoms with Crippen molar-refractivity contribution in [3.8, 4) is 0 Å². The number of amides is 1. The molecule has 0 unspecified atom stereocenters. The summed E-state index contributed by atoms with van der Waals surface area (Å²) < 4.78 is 28.9. The van der Waals surface area contributed by atoms with Crippen molar-refractivity contribution >= 4 is 16.1 Å². The van der Waals surface area contributed by atoms with Crippen molar-refractivity contribution in [2.24, 2.45) is 0 Å². The Morgan fingerprint density at radius 3 is 2.10 bits per heavy atom. The Labute approximate surface area is 174 Å². The van der Waals surface area contributed by atoms with Crippen LogP contribution in [0.15, 0.2) is 18.2 Å². The Balaban J connectivity index is 1.31. The van der Waals surface area contributed by atoms with Gasteiger partial charge >= 0.3 is 0 Å². The number of aryl methyl sites for hydroxylation is 2. The first-order valence-electron chi connectivity index (χ1n) is 10.8. The smallest absolute Gasteiger partial charge is 0.282 e. The highest BCUT2D eigenvalue weighted by Crippen LogP contribution is 2.23. The van der Waals surface area contributed by atoms with Crippen molar-refractivity contribution in [3.63, 3.8) is 0 Å². The van der Waals surface area contributed by atoms with Crippen molar-refractivity contribution in [3.05, 3.63) is 34.9 Å². The quantitative estimate of drug-likeness (QED) is 0.721. The second kappa shape index (κ2) is 8.71. The molecule has 0 saturated carbocycles. The average molecular weight is 421 g/mol. The average Bonchev–Trinajstić information content (AvgIpc) is 2.74. The van der Waals surface area contributed by atoms with E-state index in [-0.39, 0.29) is 5.91 Å². The van der Waals surface area contributed by atoms with Crippen LogP contribution in [0.3, 0.4) is 0 Å². The molecule has 0 spiro atoms. The number of carbonyl (C=O) groups excluding carboxylic acids is 1. The summed E-state index contributed by atoms with van der Waals surface area (Å²) in [4.78, 5) is 16.7. The van der Waals surface area contributed by atoms with E-state index in [1.807, 2.05) is 11.9 Å². The van der Waals surface area contributed by atoms with Gasteiger partial charge in [-0.05, 0) is 49.4 Å². The fourth-order valence-corrected chi connectivity index (χ4v) is 6.11. The number of benzene rings is 1. The minimum Gasteiger partial charge on any atom is -0.340 e. The van der Waals surface area contributed by atoms with Crippen molar-refractivity contribution < 1.29 is 13.2 Å². The summed E-state index contributed by atoms with van der Waals surface area (Å²) in [6.07, 6.45) is 5.15. The zero-order valence-corrected chi connectivity index (χ0v) is 18.2. The summed E-state index contributed by atoms with van der Waals surface area (Å²) in [5, 5.41) is 0. The maximum absolute atomic E-state index is 12.9. The molecule has 160 valence electrons. The zero-order valence-electron chi connectivity index (χ0n) is 17.3. The molecule has 2 aliphatic heterocycles. The molecule has 0 aromatic heterocycles. The van der Waals surface area contributed by atoms with Crippen molar-refractivity contribution in [1.82, 2.24) is 18.4 Å². The molecule has 8 heteroatoms. The molecule has 2 saturated heterocycles. The second-order valence-corrected chi connectivity index (χ2v) is 10.4. The van der Waals surface area contributed by atoms with Gasteiger partial charge in [-0.2, -0.15) is 17.0 Å². The third-order valence-corrected chi connectivity index (χ3v) is 8.51. The summed E-state index contributed by atoms with van der Waals surface area (Å²) in [7, 11) is -1.41. The van der Waals surface area contributed by atoms with Gasteiger partial charge in [0.25, 0.3) is 10.2 Å². The summed E-state index contributed by atoms with van der Waals surface area (Å²) in [5.74, 6) is 0.0948. The van der Waals surface area contributed by atoms with Gasteiger partial charge in [0.05, 0.1) is 6.42 Å². The fourth-order valence-electron chi connectivity index (χ4n) is 4.53. The van der Waals surface area contributed by atoms with E-state index in [1.54, 1.807) is 8.61 Å². The molecular formula is C21H32N4O3S. The number of carbonyl (C=O) groups is 1. The number of likely N-dealkylation sites (N-methyl/N-ethyl adjacent to an activating group) is 1. The van der Waals surface area contributed by atoms with E-state index in [0.29, 0.717) is 45.7 Å². The molecule has 0 radical (unpaired) electrons. The molecule has 1 aromatic carbocycles. The molecule has 1 aliphatic carbocycles. The molecule has 0 bridgehead atoms. The van der Waals surface area contributed by atoms with Gasteiger partial charge in [-0.15, -0.1) is 0 Å². The molecule has 0 atom stereocenters. The van der Waals surface area contributed by atoms with Gasteiger partial charge in [-0.1, -0.05) is 18.2 Å². The molecular weight excluding hydrogens is 388 g/mol. The van der Waals surface area contributed by atoms with E-state index >= 15 is 0 Å². The molecule has 29 heavy (non-hydrogen) atoms. The molecule has 0 N–H and O–H groups in total. The van der Waals surface area contributed by atoms with Crippen molar-refractivity contribution in [2.75, 3.05) is 59.4 Å². The van der Waals surface area contributed by atoms with Gasteiger partial charge in [-0.25, -0.2) is 0 Å². The maximum atomic E-state index is 12.9. The number of piperazine rings is 2. The third-order valence-electron chi connectivity index (χ3n) is 6.47. The van der Waals surface area contributed by atoms with Gasteiger partial charge in [-0.3, -0.25) is 4.79 Å². The van der Waals surface area contributed by atoms with Crippen molar-refractivity contribution in [1.29, 1.82) is 0 Å². The van der Waals surface area contributed by atoms with E-state index < -0.39 is 10.2 Å². The first kappa shape index (κ1) is 20.8. The van der Waals surface area contributed by atoms with Crippen LogP contribution in [0.1, 0.15) is 29.5 Å². The Bertz CT molecular complexity index is 841. The Morgan fingerprint density at radius 1 is 0.862 bits per heavy atom. The lowest BCUT2D eigenvalue weighted by Gasteiger charge is -2.39. The molecule has 3 aliphatic rings. The van der Waals surface area contributed by atoms with Crippen LogP contribution in [0.4, 0.5) is 0 Å². The molecule has 1 aromatic rings. The molecule has 2 heterocycles. The van der Waals surface area contributed by atoms with Crippen molar-refractivity contribution in [2.45, 2.75) is 32.1 Å². The van der Waals surface area contributed by atoms with Crippen LogP contribution in [-0.2, 0) is 34.3 Å². The van der Waals surface area contributed by atoms with Crippen LogP contribution >= 0.6 is 0 Å². The highest BCUT2D eigenvalue weighted by molar-refractivity contribution is 7.86. The van der Waals surface area contributed by atoms with Gasteiger partial charge in [0.2, 0.25) is 5.91 Å². The number of fused-ring (bicyclic) bond motifs is 1. The van der Waals surface area contributed by atoms with Crippen LogP contribution in [0.5, 0.6) is 0 Å². The monoisotopic (exact) mass is 420 g/mol. The minimum absolute atomic E-state index is 0.0948. The van der Waals surface area contributed by atoms with E-state index in [9.17, 15) is 13.2 Å².